The van der Waals surface area contributed by atoms with E-state index >= 15 is 0 Å². The number of nitrogens with one attached hydrogen (secondary N) is 3. The van der Waals surface area contributed by atoms with Gasteiger partial charge in [0.2, 0.25) is 21.9 Å². The smallest absolute Gasteiger partial charge is 0.246 e. The Hall–Kier alpha value is -3.26. The Bertz CT molecular complexity index is 1450. The van der Waals surface area contributed by atoms with Gasteiger partial charge in [-0.3, -0.25) is 4.79 Å². The van der Waals surface area contributed by atoms with Crippen molar-refractivity contribution in [1.29, 1.82) is 0 Å². The van der Waals surface area contributed by atoms with E-state index < -0.39 is 16.7 Å². The number of benzene rings is 2. The molecule has 10 nitrogen and oxygen atoms in total. The summed E-state index contributed by atoms with van der Waals surface area (Å²) in [7, 11) is -3.13. The molecule has 0 atom stereocenters. The number of amides is 1. The predicted molar refractivity (Wildman–Crippen MR) is 141 cm³/mol. The Morgan fingerprint density at radius 2 is 2.03 bits per heavy atom. The Balaban J connectivity index is 1.56. The molecule has 36 heavy (non-hydrogen) atoms. The quantitative estimate of drug-likeness (QED) is 0.167. The molecular weight excluding hydrogens is 529 g/mol. The molecule has 0 aliphatic heterocycles. The normalized spacial score (nSPS) is 11.2. The summed E-state index contributed by atoms with van der Waals surface area (Å²) in [6.07, 6.45) is 2.81. The number of aromatic nitrogens is 3. The average molecular weight is 552 g/mol. The summed E-state index contributed by atoms with van der Waals surface area (Å²) < 4.78 is 39.0. The summed E-state index contributed by atoms with van der Waals surface area (Å²) in [6.45, 7) is 4.09. The molecule has 0 spiro atoms. The Labute approximate surface area is 217 Å². The number of thiol groups is 1. The molecule has 0 unspecified atom stereocenters. The lowest BCUT2D eigenvalue weighted by molar-refractivity contribution is -0.115. The largest absolute Gasteiger partial charge is 0.383 e. The summed E-state index contributed by atoms with van der Waals surface area (Å²) in [5.74, 6) is -0.722. The number of carbonyl (C=O) groups is 1. The second kappa shape index (κ2) is 11.6. The summed E-state index contributed by atoms with van der Waals surface area (Å²) in [6, 6.07) is 9.28. The van der Waals surface area contributed by atoms with Gasteiger partial charge in [0.15, 0.2) is 0 Å². The van der Waals surface area contributed by atoms with Gasteiger partial charge in [0.1, 0.15) is 10.2 Å². The number of nitrogens with zero attached hydrogens (tertiary/aromatic N) is 4. The number of carbonyl (C=O) groups excluding carboxylic acids is 1. The molecule has 0 aliphatic rings. The highest BCUT2D eigenvalue weighted by molar-refractivity contribution is 7.74. The van der Waals surface area contributed by atoms with Gasteiger partial charge in [-0.2, -0.15) is 9.89 Å². The van der Waals surface area contributed by atoms with Crippen LogP contribution in [-0.2, 0) is 22.1 Å². The highest BCUT2D eigenvalue weighted by Gasteiger charge is 2.20. The van der Waals surface area contributed by atoms with Gasteiger partial charge in [-0.15, -0.1) is 4.41 Å². The topological polar surface area (TPSA) is 121 Å². The molecule has 2 heterocycles. The zero-order valence-electron chi connectivity index (χ0n) is 19.1. The van der Waals surface area contributed by atoms with Crippen molar-refractivity contribution < 1.29 is 17.6 Å². The van der Waals surface area contributed by atoms with Crippen molar-refractivity contribution in [2.75, 3.05) is 34.7 Å². The molecule has 14 heteroatoms. The molecule has 0 aliphatic carbocycles. The number of likely N-dealkylation sites (N-methyl/N-ethyl adjacent to an activating group) is 1. The summed E-state index contributed by atoms with van der Waals surface area (Å²) in [5.41, 5.74) is 2.08. The molecule has 0 saturated carbocycles. The molecule has 2 aromatic carbocycles. The van der Waals surface area contributed by atoms with E-state index in [-0.39, 0.29) is 17.5 Å². The van der Waals surface area contributed by atoms with E-state index in [2.05, 4.69) is 26.0 Å². The minimum Gasteiger partial charge on any atom is -0.383 e. The molecule has 0 bridgehead atoms. The van der Waals surface area contributed by atoms with Crippen LogP contribution in [0, 0.1) is 5.82 Å². The molecule has 4 rings (SSSR count). The molecule has 190 valence electrons. The van der Waals surface area contributed by atoms with Crippen LogP contribution in [0.1, 0.15) is 12.5 Å². The molecule has 3 N–H and O–H groups in total. The zero-order valence-corrected chi connectivity index (χ0v) is 21.5. The minimum atomic E-state index is -3.13. The number of anilines is 3. The molecule has 1 amide bonds. The standard InChI is InChI=1S/C22H23ClFN7O3S2/c1-2-25-8-9-26-18-11-15(24)7-6-14(18)10-21(32)29-17-4-3-5-19-16(17)12-28-30(19)31(36(33)34)22-27-13-20(23)35-22/h3-7,11-13,25-26,36H,2,8-10H2,1H3,(H,29,32). The highest BCUT2D eigenvalue weighted by atomic mass is 35.5. The van der Waals surface area contributed by atoms with Crippen LogP contribution in [0.5, 0.6) is 0 Å². The molecule has 0 radical (unpaired) electrons. The Morgan fingerprint density at radius 3 is 2.75 bits per heavy atom. The SMILES string of the molecule is CCNCCNc1cc(F)ccc1CC(=O)Nc1cccc2c1cnn2N(c1ncc(Cl)s1)[SH](=O)=O. The van der Waals surface area contributed by atoms with E-state index in [1.165, 1.54) is 29.3 Å². The molecule has 2 aromatic heterocycles. The number of thiazole rings is 1. The molecule has 0 saturated heterocycles. The number of hydrogen-bond acceptors (Lipinski definition) is 8. The van der Waals surface area contributed by atoms with Crippen molar-refractivity contribution in [2.45, 2.75) is 13.3 Å². The van der Waals surface area contributed by atoms with Crippen LogP contribution in [0.15, 0.2) is 48.8 Å². The van der Waals surface area contributed by atoms with Gasteiger partial charge in [0.05, 0.1) is 30.0 Å². The van der Waals surface area contributed by atoms with Gasteiger partial charge in [-0.1, -0.05) is 42.0 Å². The van der Waals surface area contributed by atoms with Crippen LogP contribution in [0.4, 0.5) is 20.9 Å². The number of halogens is 2. The maximum absolute atomic E-state index is 13.8. The highest BCUT2D eigenvalue weighted by Crippen LogP contribution is 2.30. The number of fused-ring (bicyclic) bond motifs is 1. The first-order valence-electron chi connectivity index (χ1n) is 10.9. The van der Waals surface area contributed by atoms with Gasteiger partial charge in [-0.25, -0.2) is 17.8 Å². The van der Waals surface area contributed by atoms with Crippen LogP contribution in [-0.4, -0.2) is 48.8 Å². The van der Waals surface area contributed by atoms with Crippen LogP contribution < -0.4 is 20.4 Å². The lowest BCUT2D eigenvalue weighted by Crippen LogP contribution is -2.28. The predicted octanol–water partition coefficient (Wildman–Crippen LogP) is 3.28. The fraction of sp³-hybridized carbons (Fsp3) is 0.227. The first kappa shape index (κ1) is 25.8. The summed E-state index contributed by atoms with van der Waals surface area (Å²) in [4.78, 5) is 18.1. The van der Waals surface area contributed by atoms with Crippen molar-refractivity contribution in [2.24, 2.45) is 0 Å². The fourth-order valence-electron chi connectivity index (χ4n) is 3.55. The molecular formula is C22H23ClFN7O3S2. The van der Waals surface area contributed by atoms with Crippen LogP contribution in [0.25, 0.3) is 10.9 Å². The maximum atomic E-state index is 13.8. The van der Waals surface area contributed by atoms with Crippen LogP contribution in [0.2, 0.25) is 4.34 Å². The minimum absolute atomic E-state index is 0.00447. The number of hydrogen-bond donors (Lipinski definition) is 4. The van der Waals surface area contributed by atoms with Crippen molar-refractivity contribution in [3.05, 3.63) is 64.5 Å². The third kappa shape index (κ3) is 5.93. The van der Waals surface area contributed by atoms with E-state index in [9.17, 15) is 17.6 Å². The van der Waals surface area contributed by atoms with Gasteiger partial charge < -0.3 is 16.0 Å². The Kier molecular flexibility index (Phi) is 8.36. The summed E-state index contributed by atoms with van der Waals surface area (Å²) >= 11 is 6.91. The monoisotopic (exact) mass is 551 g/mol. The van der Waals surface area contributed by atoms with Crippen molar-refractivity contribution in [1.82, 2.24) is 20.2 Å². The lowest BCUT2D eigenvalue weighted by atomic mass is 10.1. The second-order valence-electron chi connectivity index (χ2n) is 7.55. The average Bonchev–Trinajstić information content (AvgIpc) is 3.46. The van der Waals surface area contributed by atoms with Gasteiger partial charge in [0.25, 0.3) is 0 Å². The van der Waals surface area contributed by atoms with Crippen molar-refractivity contribution in [3.63, 3.8) is 0 Å². The first-order valence-corrected chi connectivity index (χ1v) is 13.3. The Morgan fingerprint density at radius 1 is 1.19 bits per heavy atom. The number of rotatable bonds is 11. The molecule has 4 aromatic rings. The van der Waals surface area contributed by atoms with Crippen molar-refractivity contribution in [3.8, 4) is 0 Å². The van der Waals surface area contributed by atoms with E-state index in [0.717, 1.165) is 22.3 Å². The van der Waals surface area contributed by atoms with Gasteiger partial charge >= 0.3 is 0 Å². The van der Waals surface area contributed by atoms with Gasteiger partial charge in [0, 0.05) is 24.2 Å². The zero-order chi connectivity index (χ0) is 25.7. The van der Waals surface area contributed by atoms with Crippen LogP contribution in [0.3, 0.4) is 0 Å². The fourth-order valence-corrected chi connectivity index (χ4v) is 5.15. The third-order valence-corrected chi connectivity index (χ3v) is 7.02. The van der Waals surface area contributed by atoms with E-state index in [4.69, 9.17) is 11.6 Å². The summed E-state index contributed by atoms with van der Waals surface area (Å²) in [5, 5.41) is 14.0. The van der Waals surface area contributed by atoms with E-state index in [0.29, 0.717) is 45.3 Å². The second-order valence-corrected chi connectivity index (χ2v) is 10.0. The third-order valence-electron chi connectivity index (χ3n) is 5.13. The van der Waals surface area contributed by atoms with Crippen LogP contribution >= 0.6 is 22.9 Å². The van der Waals surface area contributed by atoms with Crippen molar-refractivity contribution >= 4 is 67.1 Å². The maximum Gasteiger partial charge on any atom is 0.246 e. The first-order chi connectivity index (χ1) is 17.4. The van der Waals surface area contributed by atoms with E-state index in [1.54, 1.807) is 24.3 Å². The molecule has 0 fully saturated rings. The van der Waals surface area contributed by atoms with E-state index in [1.807, 2.05) is 6.92 Å². The van der Waals surface area contributed by atoms with Gasteiger partial charge in [-0.05, 0) is 36.4 Å². The lowest BCUT2D eigenvalue weighted by Gasteiger charge is -2.15.